The SMILES string of the molecule is C=Cc1ccnc2c1ccn2S(=O)(=O)c1ccc(C)cc1. The molecule has 0 spiro atoms. The summed E-state index contributed by atoms with van der Waals surface area (Å²) in [6.07, 6.45) is 4.80. The molecule has 2 heterocycles. The highest BCUT2D eigenvalue weighted by atomic mass is 32.2. The maximum absolute atomic E-state index is 12.7. The van der Waals surface area contributed by atoms with Crippen molar-refractivity contribution in [3.8, 4) is 0 Å². The molecule has 4 nitrogen and oxygen atoms in total. The van der Waals surface area contributed by atoms with Crippen LogP contribution in [0.5, 0.6) is 0 Å². The molecule has 0 N–H and O–H groups in total. The first-order chi connectivity index (χ1) is 10.0. The zero-order valence-electron chi connectivity index (χ0n) is 11.5. The highest BCUT2D eigenvalue weighted by Gasteiger charge is 2.19. The molecular weight excluding hydrogens is 284 g/mol. The van der Waals surface area contributed by atoms with E-state index in [0.29, 0.717) is 5.65 Å². The largest absolute Gasteiger partial charge is 0.269 e. The molecule has 3 aromatic rings. The third-order valence-electron chi connectivity index (χ3n) is 3.39. The van der Waals surface area contributed by atoms with Crippen molar-refractivity contribution < 1.29 is 8.42 Å². The van der Waals surface area contributed by atoms with Crippen LogP contribution in [0.4, 0.5) is 0 Å². The van der Waals surface area contributed by atoms with E-state index in [9.17, 15) is 8.42 Å². The average molecular weight is 298 g/mol. The number of fused-ring (bicyclic) bond motifs is 1. The lowest BCUT2D eigenvalue weighted by molar-refractivity contribution is 0.588. The van der Waals surface area contributed by atoms with E-state index in [1.54, 1.807) is 48.7 Å². The van der Waals surface area contributed by atoms with E-state index in [2.05, 4.69) is 11.6 Å². The summed E-state index contributed by atoms with van der Waals surface area (Å²) in [7, 11) is -3.64. The van der Waals surface area contributed by atoms with Crippen LogP contribution in [0.3, 0.4) is 0 Å². The molecule has 5 heteroatoms. The Morgan fingerprint density at radius 2 is 1.86 bits per heavy atom. The monoisotopic (exact) mass is 298 g/mol. The molecule has 0 aliphatic rings. The van der Waals surface area contributed by atoms with Crippen molar-refractivity contribution in [2.45, 2.75) is 11.8 Å². The van der Waals surface area contributed by atoms with Crippen LogP contribution in [0.1, 0.15) is 11.1 Å². The van der Waals surface area contributed by atoms with Gasteiger partial charge in [-0.2, -0.15) is 0 Å². The minimum atomic E-state index is -3.64. The van der Waals surface area contributed by atoms with Crippen LogP contribution < -0.4 is 0 Å². The Balaban J connectivity index is 2.24. The third kappa shape index (κ3) is 2.15. The number of hydrogen-bond acceptors (Lipinski definition) is 3. The van der Waals surface area contributed by atoms with Crippen LogP contribution in [0.2, 0.25) is 0 Å². The van der Waals surface area contributed by atoms with Crippen molar-refractivity contribution in [2.75, 3.05) is 0 Å². The zero-order chi connectivity index (χ0) is 15.0. The molecule has 0 radical (unpaired) electrons. The van der Waals surface area contributed by atoms with Crippen LogP contribution in [-0.2, 0) is 10.0 Å². The zero-order valence-corrected chi connectivity index (χ0v) is 12.3. The smallest absolute Gasteiger partial charge is 0.237 e. The van der Waals surface area contributed by atoms with E-state index in [1.807, 2.05) is 6.92 Å². The van der Waals surface area contributed by atoms with Crippen molar-refractivity contribution in [2.24, 2.45) is 0 Å². The van der Waals surface area contributed by atoms with Gasteiger partial charge in [-0.1, -0.05) is 30.4 Å². The lowest BCUT2D eigenvalue weighted by Crippen LogP contribution is -2.12. The molecule has 106 valence electrons. The Hall–Kier alpha value is -2.40. The normalized spacial score (nSPS) is 11.7. The summed E-state index contributed by atoms with van der Waals surface area (Å²) < 4.78 is 26.6. The first-order valence-electron chi connectivity index (χ1n) is 6.45. The summed E-state index contributed by atoms with van der Waals surface area (Å²) >= 11 is 0. The Kier molecular flexibility index (Phi) is 3.14. The quantitative estimate of drug-likeness (QED) is 0.746. The number of aryl methyl sites for hydroxylation is 1. The molecule has 21 heavy (non-hydrogen) atoms. The molecule has 0 bridgehead atoms. The minimum absolute atomic E-state index is 0.247. The first kappa shape index (κ1) is 13.6. The molecule has 0 atom stereocenters. The van der Waals surface area contributed by atoms with E-state index in [-0.39, 0.29) is 4.90 Å². The highest BCUT2D eigenvalue weighted by molar-refractivity contribution is 7.90. The molecular formula is C16H14N2O2S. The van der Waals surface area contributed by atoms with Crippen molar-refractivity contribution in [3.63, 3.8) is 0 Å². The second-order valence-electron chi connectivity index (χ2n) is 4.77. The number of benzene rings is 1. The summed E-state index contributed by atoms with van der Waals surface area (Å²) in [5.74, 6) is 0. The van der Waals surface area contributed by atoms with Gasteiger partial charge >= 0.3 is 0 Å². The maximum atomic E-state index is 12.7. The molecule has 0 saturated carbocycles. The lowest BCUT2D eigenvalue weighted by Gasteiger charge is -2.07. The van der Waals surface area contributed by atoms with E-state index in [1.165, 1.54) is 10.2 Å². The van der Waals surface area contributed by atoms with Crippen molar-refractivity contribution in [1.29, 1.82) is 0 Å². The van der Waals surface area contributed by atoms with Gasteiger partial charge in [-0.25, -0.2) is 17.4 Å². The van der Waals surface area contributed by atoms with E-state index < -0.39 is 10.0 Å². The van der Waals surface area contributed by atoms with Gasteiger partial charge < -0.3 is 0 Å². The summed E-state index contributed by atoms with van der Waals surface area (Å²) in [6.45, 7) is 5.65. The molecule has 3 rings (SSSR count). The predicted molar refractivity (Wildman–Crippen MR) is 83.6 cm³/mol. The van der Waals surface area contributed by atoms with Crippen molar-refractivity contribution in [1.82, 2.24) is 8.96 Å². The Bertz CT molecular complexity index is 923. The Labute approximate surface area is 123 Å². The van der Waals surface area contributed by atoms with Gasteiger partial charge in [0.2, 0.25) is 0 Å². The first-order valence-corrected chi connectivity index (χ1v) is 7.89. The Morgan fingerprint density at radius 1 is 1.14 bits per heavy atom. The molecule has 0 fully saturated rings. The van der Waals surface area contributed by atoms with E-state index in [0.717, 1.165) is 16.5 Å². The van der Waals surface area contributed by atoms with Crippen molar-refractivity contribution >= 4 is 27.1 Å². The fourth-order valence-electron chi connectivity index (χ4n) is 2.23. The lowest BCUT2D eigenvalue weighted by atomic mass is 10.2. The standard InChI is InChI=1S/C16H14N2O2S/c1-3-13-8-10-17-16-15(13)9-11-18(16)21(19,20)14-6-4-12(2)5-7-14/h3-11H,1H2,2H3. The summed E-state index contributed by atoms with van der Waals surface area (Å²) in [5, 5.41) is 0.767. The van der Waals surface area contributed by atoms with E-state index in [4.69, 9.17) is 0 Å². The van der Waals surface area contributed by atoms with Crippen LogP contribution >= 0.6 is 0 Å². The number of nitrogens with zero attached hydrogens (tertiary/aromatic N) is 2. The van der Waals surface area contributed by atoms with Gasteiger partial charge in [-0.05, 0) is 36.8 Å². The van der Waals surface area contributed by atoms with Gasteiger partial charge in [0.25, 0.3) is 10.0 Å². The second-order valence-corrected chi connectivity index (χ2v) is 6.59. The number of pyridine rings is 1. The van der Waals surface area contributed by atoms with Crippen LogP contribution in [0, 0.1) is 6.92 Å². The minimum Gasteiger partial charge on any atom is -0.237 e. The molecule has 0 amide bonds. The second kappa shape index (κ2) is 4.86. The predicted octanol–water partition coefficient (Wildman–Crippen LogP) is 3.22. The number of hydrogen-bond donors (Lipinski definition) is 0. The maximum Gasteiger partial charge on any atom is 0.269 e. The summed E-state index contributed by atoms with van der Waals surface area (Å²) in [4.78, 5) is 4.44. The molecule has 0 aliphatic carbocycles. The molecule has 0 aliphatic heterocycles. The van der Waals surface area contributed by atoms with Gasteiger partial charge in [-0.15, -0.1) is 0 Å². The van der Waals surface area contributed by atoms with Gasteiger partial charge in [0.1, 0.15) is 0 Å². The number of rotatable bonds is 3. The topological polar surface area (TPSA) is 52.0 Å². The Morgan fingerprint density at radius 3 is 2.52 bits per heavy atom. The fourth-order valence-corrected chi connectivity index (χ4v) is 3.53. The van der Waals surface area contributed by atoms with E-state index >= 15 is 0 Å². The van der Waals surface area contributed by atoms with Crippen LogP contribution in [0.25, 0.3) is 17.1 Å². The number of aromatic nitrogens is 2. The van der Waals surface area contributed by atoms with Crippen molar-refractivity contribution in [3.05, 3.63) is 66.5 Å². The van der Waals surface area contributed by atoms with Gasteiger partial charge in [-0.3, -0.25) is 0 Å². The molecule has 0 unspecified atom stereocenters. The highest BCUT2D eigenvalue weighted by Crippen LogP contribution is 2.23. The summed E-state index contributed by atoms with van der Waals surface area (Å²) in [5.41, 5.74) is 2.28. The van der Waals surface area contributed by atoms with Gasteiger partial charge in [0.05, 0.1) is 4.90 Å². The molecule has 2 aromatic heterocycles. The molecule has 1 aromatic carbocycles. The third-order valence-corrected chi connectivity index (χ3v) is 5.07. The summed E-state index contributed by atoms with van der Waals surface area (Å²) in [6, 6.07) is 10.3. The van der Waals surface area contributed by atoms with Gasteiger partial charge in [0.15, 0.2) is 5.65 Å². The fraction of sp³-hybridized carbons (Fsp3) is 0.0625. The van der Waals surface area contributed by atoms with Gasteiger partial charge in [0, 0.05) is 17.8 Å². The molecule has 0 saturated heterocycles. The average Bonchev–Trinajstić information content (AvgIpc) is 2.92. The van der Waals surface area contributed by atoms with Crippen LogP contribution in [-0.4, -0.2) is 17.4 Å². The van der Waals surface area contributed by atoms with Crippen LogP contribution in [0.15, 0.2) is 60.3 Å².